The van der Waals surface area contributed by atoms with Crippen LogP contribution in [0.15, 0.2) is 30.9 Å². The predicted octanol–water partition coefficient (Wildman–Crippen LogP) is 2.02. The lowest BCUT2D eigenvalue weighted by molar-refractivity contribution is -0.873. The van der Waals surface area contributed by atoms with Gasteiger partial charge in [0.1, 0.15) is 12.6 Å². The topological polar surface area (TPSA) is 134 Å². The lowest BCUT2D eigenvalue weighted by Crippen LogP contribution is -3.00. The van der Waals surface area contributed by atoms with Crippen LogP contribution in [0.25, 0.3) is 5.69 Å². The molecule has 0 bridgehead atoms. The van der Waals surface area contributed by atoms with Crippen molar-refractivity contribution in [2.24, 2.45) is 11.1 Å². The molecular formula is C35H47ClF3N5O6. The highest BCUT2D eigenvalue weighted by Crippen LogP contribution is 2.42. The summed E-state index contributed by atoms with van der Waals surface area (Å²) in [5.41, 5.74) is 4.55. The third-order valence-corrected chi connectivity index (χ3v) is 8.80. The zero-order valence-corrected chi connectivity index (χ0v) is 30.2. The van der Waals surface area contributed by atoms with E-state index in [2.05, 4.69) is 11.7 Å². The second-order valence-electron chi connectivity index (χ2n) is 14.9. The number of halogens is 4. The number of likely N-dealkylation sites (N-methyl/N-ethyl adjacent to an activating group) is 1. The number of quaternary nitrogens is 1. The van der Waals surface area contributed by atoms with Crippen LogP contribution in [-0.4, -0.2) is 90.4 Å². The van der Waals surface area contributed by atoms with E-state index < -0.39 is 52.6 Å². The number of anilines is 1. The summed E-state index contributed by atoms with van der Waals surface area (Å²) in [5, 5.41) is 3.91. The van der Waals surface area contributed by atoms with Gasteiger partial charge < -0.3 is 37.0 Å². The van der Waals surface area contributed by atoms with Crippen molar-refractivity contribution in [1.29, 1.82) is 0 Å². The van der Waals surface area contributed by atoms with Crippen LogP contribution in [0, 0.1) is 5.41 Å². The second-order valence-corrected chi connectivity index (χ2v) is 14.9. The third-order valence-electron chi connectivity index (χ3n) is 8.80. The molecule has 1 fully saturated rings. The molecule has 0 aliphatic heterocycles. The number of nitrogens with zero attached hydrogens (tertiary/aromatic N) is 4. The first-order chi connectivity index (χ1) is 22.7. The summed E-state index contributed by atoms with van der Waals surface area (Å²) in [5.74, 6) is -2.26. The number of esters is 2. The molecule has 2 N–H and O–H groups in total. The van der Waals surface area contributed by atoms with Crippen molar-refractivity contribution in [3.05, 3.63) is 53.4 Å². The van der Waals surface area contributed by atoms with Gasteiger partial charge in [0.05, 0.1) is 55.8 Å². The standard InChI is InChI=1S/C35H46F3N5O6.ClH/c1-8-15-41(22-9-12-24(13-10-22)49-30(46)17-25(48-21(2)44)20-43(5,6)7)27-16-23(11-14-26(27)33(39)47)42-28-18-34(3,4)19-29(45)31(28)32(40-42)35(36,37)38;/h8,11,14,16,22,24-25H,1,9-10,12-13,15,17-20H2,2-7H3,(H-,39,47);1H. The summed E-state index contributed by atoms with van der Waals surface area (Å²) in [6, 6.07) is 4.38. The van der Waals surface area contributed by atoms with Gasteiger partial charge in [-0.3, -0.25) is 19.2 Å². The Hall–Kier alpha value is -3.91. The molecule has 1 aromatic heterocycles. The van der Waals surface area contributed by atoms with Crippen molar-refractivity contribution in [2.75, 3.05) is 39.1 Å². The highest BCUT2D eigenvalue weighted by atomic mass is 35.5. The number of carbonyl (C=O) groups excluding carboxylic acids is 4. The van der Waals surface area contributed by atoms with Gasteiger partial charge in [0.2, 0.25) is 0 Å². The lowest BCUT2D eigenvalue weighted by Gasteiger charge is -2.38. The summed E-state index contributed by atoms with van der Waals surface area (Å²) < 4.78 is 55.1. The Bertz CT molecular complexity index is 1610. The molecule has 2 aliphatic rings. The second kappa shape index (κ2) is 15.5. The number of ketones is 1. The Labute approximate surface area is 296 Å². The monoisotopic (exact) mass is 725 g/mol. The minimum Gasteiger partial charge on any atom is -1.00 e. The van der Waals surface area contributed by atoms with Crippen LogP contribution in [0.1, 0.15) is 91.4 Å². The van der Waals surface area contributed by atoms with Crippen molar-refractivity contribution in [2.45, 2.75) is 90.1 Å². The zero-order valence-electron chi connectivity index (χ0n) is 29.4. The Morgan fingerprint density at radius 1 is 1.16 bits per heavy atom. The number of fused-ring (bicyclic) bond motifs is 1. The zero-order chi connectivity index (χ0) is 36.5. The van der Waals surface area contributed by atoms with E-state index in [-0.39, 0.29) is 60.8 Å². The number of nitrogens with two attached hydrogens (primary N) is 1. The van der Waals surface area contributed by atoms with Crippen LogP contribution in [0.5, 0.6) is 0 Å². The highest BCUT2D eigenvalue weighted by molar-refractivity contribution is 6.01. The number of carbonyl (C=O) groups is 4. The summed E-state index contributed by atoms with van der Waals surface area (Å²) in [4.78, 5) is 52.0. The highest BCUT2D eigenvalue weighted by Gasteiger charge is 2.45. The van der Waals surface area contributed by atoms with Gasteiger partial charge in [-0.2, -0.15) is 18.3 Å². The van der Waals surface area contributed by atoms with Gasteiger partial charge in [-0.05, 0) is 55.7 Å². The fraction of sp³-hybridized carbons (Fsp3) is 0.571. The summed E-state index contributed by atoms with van der Waals surface area (Å²) in [6.45, 7) is 9.55. The van der Waals surface area contributed by atoms with Gasteiger partial charge in [0.15, 0.2) is 17.6 Å². The van der Waals surface area contributed by atoms with Crippen LogP contribution in [-0.2, 0) is 31.7 Å². The number of primary amides is 1. The van der Waals surface area contributed by atoms with E-state index in [9.17, 15) is 32.3 Å². The molecule has 1 atom stereocenters. The van der Waals surface area contributed by atoms with E-state index in [1.165, 1.54) is 19.1 Å². The van der Waals surface area contributed by atoms with Crippen LogP contribution in [0.3, 0.4) is 0 Å². The number of Topliss-reactive ketones (excluding diaryl/α,β-unsaturated/α-hetero) is 1. The minimum absolute atomic E-state index is 0. The number of amides is 1. The molecule has 1 heterocycles. The molecular weight excluding hydrogens is 679 g/mol. The molecule has 0 radical (unpaired) electrons. The Kier molecular flexibility index (Phi) is 12.6. The molecule has 15 heteroatoms. The van der Waals surface area contributed by atoms with E-state index in [1.54, 1.807) is 12.1 Å². The van der Waals surface area contributed by atoms with E-state index >= 15 is 0 Å². The molecule has 1 saturated carbocycles. The maximum absolute atomic E-state index is 14.1. The van der Waals surface area contributed by atoms with Crippen molar-refractivity contribution >= 4 is 29.3 Å². The first-order valence-corrected chi connectivity index (χ1v) is 16.4. The fourth-order valence-corrected chi connectivity index (χ4v) is 6.92. The SMILES string of the molecule is C=CCN(c1cc(-n2nc(C(F)(F)F)c3c2CC(C)(C)CC3=O)ccc1C(N)=O)C1CCC(OC(=O)CC(C[N+](C)(C)C)OC(C)=O)CC1.[Cl-]. The number of ether oxygens (including phenoxy) is 2. The third kappa shape index (κ3) is 9.87. The van der Waals surface area contributed by atoms with Gasteiger partial charge in [0, 0.05) is 25.9 Å². The average molecular weight is 726 g/mol. The molecule has 2 aliphatic carbocycles. The van der Waals surface area contributed by atoms with E-state index in [0.717, 1.165) is 4.68 Å². The van der Waals surface area contributed by atoms with Crippen LogP contribution in [0.4, 0.5) is 18.9 Å². The molecule has 1 amide bonds. The van der Waals surface area contributed by atoms with Gasteiger partial charge in [-0.25, -0.2) is 4.68 Å². The number of benzene rings is 1. The lowest BCUT2D eigenvalue weighted by atomic mass is 9.75. The van der Waals surface area contributed by atoms with Crippen LogP contribution < -0.4 is 23.0 Å². The van der Waals surface area contributed by atoms with Crippen molar-refractivity contribution in [1.82, 2.24) is 9.78 Å². The average Bonchev–Trinajstić information content (AvgIpc) is 3.34. The summed E-state index contributed by atoms with van der Waals surface area (Å²) in [6.07, 6.45) is -1.91. The van der Waals surface area contributed by atoms with Crippen LogP contribution >= 0.6 is 0 Å². The van der Waals surface area contributed by atoms with E-state index in [1.807, 2.05) is 39.9 Å². The first-order valence-electron chi connectivity index (χ1n) is 16.4. The smallest absolute Gasteiger partial charge is 0.435 e. The molecule has 1 unspecified atom stereocenters. The Balaban J connectivity index is 0.00000676. The molecule has 0 saturated heterocycles. The summed E-state index contributed by atoms with van der Waals surface area (Å²) >= 11 is 0. The minimum atomic E-state index is -4.84. The quantitative estimate of drug-likeness (QED) is 0.200. The molecule has 2 aromatic rings. The molecule has 276 valence electrons. The number of hydrogen-bond acceptors (Lipinski definition) is 8. The first kappa shape index (κ1) is 40.5. The molecule has 50 heavy (non-hydrogen) atoms. The van der Waals surface area contributed by atoms with Gasteiger partial charge in [-0.1, -0.05) is 19.9 Å². The van der Waals surface area contributed by atoms with Crippen LogP contribution in [0.2, 0.25) is 0 Å². The predicted molar refractivity (Wildman–Crippen MR) is 176 cm³/mol. The van der Waals surface area contributed by atoms with Gasteiger partial charge in [0.25, 0.3) is 5.91 Å². The van der Waals surface area contributed by atoms with Crippen molar-refractivity contribution in [3.63, 3.8) is 0 Å². The Morgan fingerprint density at radius 2 is 1.80 bits per heavy atom. The molecule has 0 spiro atoms. The number of hydrogen-bond donors (Lipinski definition) is 1. The van der Waals surface area contributed by atoms with E-state index in [0.29, 0.717) is 48.9 Å². The van der Waals surface area contributed by atoms with Gasteiger partial charge in [-0.15, -0.1) is 6.58 Å². The van der Waals surface area contributed by atoms with Crippen molar-refractivity contribution < 1.29 is 58.7 Å². The maximum Gasteiger partial charge on any atom is 0.435 e. The number of aromatic nitrogens is 2. The largest absolute Gasteiger partial charge is 1.00 e. The Morgan fingerprint density at radius 3 is 2.34 bits per heavy atom. The summed E-state index contributed by atoms with van der Waals surface area (Å²) in [7, 11) is 5.80. The molecule has 11 nitrogen and oxygen atoms in total. The number of alkyl halides is 3. The maximum atomic E-state index is 14.1. The number of rotatable bonds is 12. The fourth-order valence-electron chi connectivity index (χ4n) is 6.92. The molecule has 1 aromatic carbocycles. The van der Waals surface area contributed by atoms with Crippen molar-refractivity contribution in [3.8, 4) is 5.69 Å². The van der Waals surface area contributed by atoms with Gasteiger partial charge >= 0.3 is 18.1 Å². The van der Waals surface area contributed by atoms with E-state index in [4.69, 9.17) is 15.2 Å². The normalized spacial score (nSPS) is 19.4. The molecule has 4 rings (SSSR count).